The fourth-order valence-corrected chi connectivity index (χ4v) is 7.97. The Morgan fingerprint density at radius 3 is 2.21 bits per heavy atom. The summed E-state index contributed by atoms with van der Waals surface area (Å²) in [7, 11) is 0. The van der Waals surface area contributed by atoms with E-state index in [0.717, 1.165) is 53.7 Å². The van der Waals surface area contributed by atoms with Gasteiger partial charge in [0.05, 0.1) is 38.5 Å². The standard InChI is InChI=1S/C44H56ClN5O8/c1-29-23-40(48-37-10-8-36(45)9-11-37)39-25-33(7-12-41(39)50(29)30(2)51)31-3-5-32(6-4-31)44(55)46-16-20-56-18-14-34-24-35(34)15-19-57-21-22-58-28-42(53)47-26-43(54)49-17-13-38(52)27-49/h3-12,25,29,34-35,38,40,48,52H,13-24,26-28H2,1-2H3,(H,46,55)(H,47,53). The van der Waals surface area contributed by atoms with Crippen LogP contribution in [0, 0.1) is 11.8 Å². The summed E-state index contributed by atoms with van der Waals surface area (Å²) < 4.78 is 16.8. The molecule has 14 heteroatoms. The van der Waals surface area contributed by atoms with Crippen LogP contribution in [0.4, 0.5) is 11.4 Å². The van der Waals surface area contributed by atoms with E-state index in [-0.39, 0.29) is 48.9 Å². The molecule has 6 rings (SSSR count). The number of β-amino-alcohol motifs (C(OH)–C–C–N with tert-alkyl or cyclic N) is 1. The van der Waals surface area contributed by atoms with E-state index in [1.807, 2.05) is 65.6 Å². The number of hydrogen-bond acceptors (Lipinski definition) is 9. The molecule has 1 saturated carbocycles. The number of ether oxygens (including phenoxy) is 3. The number of aliphatic hydroxyl groups is 1. The van der Waals surface area contributed by atoms with Gasteiger partial charge in [0.1, 0.15) is 6.61 Å². The van der Waals surface area contributed by atoms with Crippen molar-refractivity contribution in [2.24, 2.45) is 11.8 Å². The van der Waals surface area contributed by atoms with Crippen molar-refractivity contribution in [2.45, 2.75) is 64.1 Å². The maximum absolute atomic E-state index is 12.9. The SMILES string of the molecule is CC(=O)N1c2ccc(-c3ccc(C(=O)NCCOCCC4CC4CCOCCOCC(=O)NCC(=O)N4CCC(O)C4)cc3)cc2C(Nc2ccc(Cl)cc2)CC1C. The predicted octanol–water partition coefficient (Wildman–Crippen LogP) is 5.21. The van der Waals surface area contributed by atoms with Gasteiger partial charge in [0.15, 0.2) is 0 Å². The largest absolute Gasteiger partial charge is 0.391 e. The van der Waals surface area contributed by atoms with Crippen LogP contribution in [0.5, 0.6) is 0 Å². The number of nitrogens with zero attached hydrogens (tertiary/aromatic N) is 2. The Balaban J connectivity index is 0.828. The molecular formula is C44H56ClN5O8. The molecule has 13 nitrogen and oxygen atoms in total. The zero-order chi connectivity index (χ0) is 41.0. The first-order valence-electron chi connectivity index (χ1n) is 20.4. The first kappa shape index (κ1) is 43.1. The Bertz CT molecular complexity index is 1860. The molecule has 2 heterocycles. The molecule has 4 amide bonds. The van der Waals surface area contributed by atoms with E-state index in [0.29, 0.717) is 81.5 Å². The number of hydrogen-bond donors (Lipinski definition) is 4. The first-order valence-corrected chi connectivity index (χ1v) is 20.7. The topological polar surface area (TPSA) is 159 Å². The Morgan fingerprint density at radius 2 is 1.52 bits per heavy atom. The minimum absolute atomic E-state index is 0.00404. The minimum Gasteiger partial charge on any atom is -0.391 e. The summed E-state index contributed by atoms with van der Waals surface area (Å²) in [5, 5.41) is 19.3. The molecule has 5 unspecified atom stereocenters. The van der Waals surface area contributed by atoms with E-state index in [2.05, 4.69) is 28.9 Å². The Kier molecular flexibility index (Phi) is 15.5. The highest BCUT2D eigenvalue weighted by Crippen LogP contribution is 2.44. The third-order valence-electron chi connectivity index (χ3n) is 11.1. The highest BCUT2D eigenvalue weighted by Gasteiger charge is 2.36. The van der Waals surface area contributed by atoms with Gasteiger partial charge < -0.3 is 45.1 Å². The van der Waals surface area contributed by atoms with Crippen LogP contribution in [0.25, 0.3) is 11.1 Å². The Morgan fingerprint density at radius 1 is 0.828 bits per heavy atom. The molecule has 0 spiro atoms. The van der Waals surface area contributed by atoms with Crippen molar-refractivity contribution in [3.05, 3.63) is 82.9 Å². The fourth-order valence-electron chi connectivity index (χ4n) is 7.84. The molecule has 0 radical (unpaired) electrons. The number of aliphatic hydroxyl groups excluding tert-OH is 1. The molecule has 3 aromatic carbocycles. The molecule has 58 heavy (non-hydrogen) atoms. The summed E-state index contributed by atoms with van der Waals surface area (Å²) in [5.41, 5.74) is 5.45. The second-order valence-electron chi connectivity index (χ2n) is 15.5. The van der Waals surface area contributed by atoms with Gasteiger partial charge in [0, 0.05) is 67.8 Å². The van der Waals surface area contributed by atoms with Crippen molar-refractivity contribution < 1.29 is 38.5 Å². The second-order valence-corrected chi connectivity index (χ2v) is 15.9. The molecule has 1 saturated heterocycles. The second kappa shape index (κ2) is 20.9. The first-order chi connectivity index (χ1) is 28.0. The number of carbonyl (C=O) groups excluding carboxylic acids is 4. The van der Waals surface area contributed by atoms with Crippen molar-refractivity contribution in [3.63, 3.8) is 0 Å². The zero-order valence-electron chi connectivity index (χ0n) is 33.4. The molecule has 3 aliphatic rings. The average Bonchev–Trinajstić information content (AvgIpc) is 3.82. The van der Waals surface area contributed by atoms with Crippen LogP contribution in [-0.4, -0.2) is 112 Å². The highest BCUT2D eigenvalue weighted by molar-refractivity contribution is 6.30. The average molecular weight is 818 g/mol. The molecular weight excluding hydrogens is 762 g/mol. The van der Waals surface area contributed by atoms with Crippen LogP contribution in [0.3, 0.4) is 0 Å². The number of carbonyl (C=O) groups is 4. The lowest BCUT2D eigenvalue weighted by Gasteiger charge is -2.39. The van der Waals surface area contributed by atoms with Crippen LogP contribution < -0.4 is 20.9 Å². The van der Waals surface area contributed by atoms with Gasteiger partial charge in [0.25, 0.3) is 5.91 Å². The monoisotopic (exact) mass is 817 g/mol. The minimum atomic E-state index is -0.484. The third-order valence-corrected chi connectivity index (χ3v) is 11.4. The zero-order valence-corrected chi connectivity index (χ0v) is 34.2. The third kappa shape index (κ3) is 12.2. The molecule has 4 N–H and O–H groups in total. The molecule has 0 bridgehead atoms. The summed E-state index contributed by atoms with van der Waals surface area (Å²) in [5.74, 6) is 0.549. The van der Waals surface area contributed by atoms with Gasteiger partial charge in [-0.15, -0.1) is 0 Å². The molecule has 1 aliphatic carbocycles. The summed E-state index contributed by atoms with van der Waals surface area (Å²) in [6.45, 7) is 7.12. The number of fused-ring (bicyclic) bond motifs is 1. The van der Waals surface area contributed by atoms with Crippen LogP contribution in [0.1, 0.15) is 67.9 Å². The highest BCUT2D eigenvalue weighted by atomic mass is 35.5. The van der Waals surface area contributed by atoms with E-state index in [1.165, 1.54) is 0 Å². The molecule has 312 valence electrons. The number of anilines is 2. The van der Waals surface area contributed by atoms with Crippen molar-refractivity contribution in [1.29, 1.82) is 0 Å². The van der Waals surface area contributed by atoms with Crippen LogP contribution in [0.15, 0.2) is 66.7 Å². The maximum atomic E-state index is 12.9. The molecule has 2 fully saturated rings. The van der Waals surface area contributed by atoms with Crippen LogP contribution in [0.2, 0.25) is 5.02 Å². The molecule has 5 atom stereocenters. The van der Waals surface area contributed by atoms with Gasteiger partial charge in [-0.2, -0.15) is 0 Å². The number of rotatable bonds is 20. The maximum Gasteiger partial charge on any atom is 0.251 e. The number of benzene rings is 3. The van der Waals surface area contributed by atoms with Crippen molar-refractivity contribution in [3.8, 4) is 11.1 Å². The van der Waals surface area contributed by atoms with Gasteiger partial charge in [-0.3, -0.25) is 19.2 Å². The Labute approximate surface area is 345 Å². The number of nitrogens with one attached hydrogen (secondary N) is 3. The van der Waals surface area contributed by atoms with Gasteiger partial charge >= 0.3 is 0 Å². The lowest BCUT2D eigenvalue weighted by molar-refractivity contribution is -0.133. The molecule has 0 aromatic heterocycles. The fraction of sp³-hybridized carbons (Fsp3) is 0.500. The summed E-state index contributed by atoms with van der Waals surface area (Å²) >= 11 is 6.12. The van der Waals surface area contributed by atoms with Crippen LogP contribution >= 0.6 is 11.6 Å². The summed E-state index contributed by atoms with van der Waals surface area (Å²) in [6.07, 6.45) is 3.95. The van der Waals surface area contributed by atoms with Gasteiger partial charge in [-0.05, 0) is 116 Å². The van der Waals surface area contributed by atoms with Crippen molar-refractivity contribution in [1.82, 2.24) is 15.5 Å². The Hall–Kier alpha value is -4.53. The number of amides is 4. The van der Waals surface area contributed by atoms with Gasteiger partial charge in [-0.25, -0.2) is 0 Å². The number of likely N-dealkylation sites (tertiary alicyclic amines) is 1. The lowest BCUT2D eigenvalue weighted by atomic mass is 9.88. The molecule has 2 aliphatic heterocycles. The van der Waals surface area contributed by atoms with E-state index >= 15 is 0 Å². The lowest BCUT2D eigenvalue weighted by Crippen LogP contribution is -2.43. The van der Waals surface area contributed by atoms with Gasteiger partial charge in [0.2, 0.25) is 17.7 Å². The molecule has 3 aromatic rings. The summed E-state index contributed by atoms with van der Waals surface area (Å²) in [6, 6.07) is 21.4. The number of halogens is 1. The predicted molar refractivity (Wildman–Crippen MR) is 223 cm³/mol. The smallest absolute Gasteiger partial charge is 0.251 e. The van der Waals surface area contributed by atoms with E-state index in [9.17, 15) is 24.3 Å². The van der Waals surface area contributed by atoms with Gasteiger partial charge in [-0.1, -0.05) is 29.8 Å². The van der Waals surface area contributed by atoms with Crippen LogP contribution in [-0.2, 0) is 28.6 Å². The van der Waals surface area contributed by atoms with E-state index < -0.39 is 6.10 Å². The van der Waals surface area contributed by atoms with Crippen molar-refractivity contribution >= 4 is 46.6 Å². The van der Waals surface area contributed by atoms with Crippen molar-refractivity contribution in [2.75, 3.05) is 76.0 Å². The summed E-state index contributed by atoms with van der Waals surface area (Å²) in [4.78, 5) is 52.9. The van der Waals surface area contributed by atoms with E-state index in [1.54, 1.807) is 11.8 Å². The van der Waals surface area contributed by atoms with E-state index in [4.69, 9.17) is 25.8 Å². The quantitative estimate of drug-likeness (QED) is 0.112. The normalized spacial score (nSPS) is 21.0.